The van der Waals surface area contributed by atoms with Crippen molar-refractivity contribution in [3.8, 4) is 0 Å². The summed E-state index contributed by atoms with van der Waals surface area (Å²) in [5.41, 5.74) is 2.53. The summed E-state index contributed by atoms with van der Waals surface area (Å²) in [4.78, 5) is 8.23. The van der Waals surface area contributed by atoms with E-state index in [4.69, 9.17) is 5.84 Å². The van der Waals surface area contributed by atoms with Crippen molar-refractivity contribution in [1.82, 2.24) is 9.97 Å². The molecule has 6 heteroatoms. The fourth-order valence-electron chi connectivity index (χ4n) is 1.78. The number of hydrogen-bond acceptors (Lipinski definition) is 5. The largest absolute Gasteiger partial charge is 0.369 e. The van der Waals surface area contributed by atoms with Crippen LogP contribution in [0.25, 0.3) is 0 Å². The molecule has 0 saturated carbocycles. The molecule has 0 saturated heterocycles. The molecule has 0 aliphatic heterocycles. The van der Waals surface area contributed by atoms with Crippen molar-refractivity contribution in [2.75, 3.05) is 17.3 Å². The Balaban J connectivity index is 2.56. The lowest BCUT2D eigenvalue weighted by Gasteiger charge is -2.16. The monoisotopic (exact) mass is 315 g/mol. The predicted molar refractivity (Wildman–Crippen MR) is 79.3 cm³/mol. The Morgan fingerprint density at radius 2 is 2.06 bits per heavy atom. The van der Waals surface area contributed by atoms with E-state index >= 15 is 0 Å². The molecule has 0 aliphatic rings. The molecule has 0 amide bonds. The van der Waals surface area contributed by atoms with Crippen molar-refractivity contribution in [3.63, 3.8) is 0 Å². The summed E-state index contributed by atoms with van der Waals surface area (Å²) in [7, 11) is 0. The Labute approximate surface area is 117 Å². The molecule has 0 spiro atoms. The van der Waals surface area contributed by atoms with Gasteiger partial charge in [-0.25, -0.2) is 15.8 Å². The van der Waals surface area contributed by atoms with Gasteiger partial charge >= 0.3 is 0 Å². The molecule has 4 N–H and O–H groups in total. The van der Waals surface area contributed by atoms with Gasteiger partial charge in [-0.1, -0.05) is 33.1 Å². The molecule has 1 aromatic heterocycles. The lowest BCUT2D eigenvalue weighted by Crippen LogP contribution is -2.16. The summed E-state index contributed by atoms with van der Waals surface area (Å²) in [6, 6.07) is 0. The molecule has 5 nitrogen and oxygen atoms in total. The van der Waals surface area contributed by atoms with Crippen LogP contribution in [0, 0.1) is 5.92 Å². The smallest absolute Gasteiger partial charge is 0.159 e. The van der Waals surface area contributed by atoms with Gasteiger partial charge < -0.3 is 10.7 Å². The molecule has 0 bridgehead atoms. The maximum atomic E-state index is 5.37. The van der Waals surface area contributed by atoms with E-state index in [-0.39, 0.29) is 0 Å². The number of nitrogens with two attached hydrogens (primary N) is 1. The number of nitrogens with one attached hydrogen (secondary N) is 2. The molecule has 0 aromatic carbocycles. The van der Waals surface area contributed by atoms with Crippen LogP contribution in [0.4, 0.5) is 11.6 Å². The minimum atomic E-state index is 0.592. The summed E-state index contributed by atoms with van der Waals surface area (Å²) in [6.07, 6.45) is 6.45. The van der Waals surface area contributed by atoms with Crippen LogP contribution < -0.4 is 16.6 Å². The van der Waals surface area contributed by atoms with Gasteiger partial charge in [0.25, 0.3) is 0 Å². The van der Waals surface area contributed by atoms with Crippen molar-refractivity contribution in [1.29, 1.82) is 0 Å². The van der Waals surface area contributed by atoms with Gasteiger partial charge in [0.1, 0.15) is 16.6 Å². The zero-order valence-electron chi connectivity index (χ0n) is 11.0. The first-order valence-electron chi connectivity index (χ1n) is 6.43. The molecule has 0 aliphatic carbocycles. The predicted octanol–water partition coefficient (Wildman–Crippen LogP) is 3.15. The molecule has 1 atom stereocenters. The molecule has 18 heavy (non-hydrogen) atoms. The quantitative estimate of drug-likeness (QED) is 0.507. The van der Waals surface area contributed by atoms with Crippen LogP contribution in [0.5, 0.6) is 0 Å². The van der Waals surface area contributed by atoms with Crippen LogP contribution in [0.3, 0.4) is 0 Å². The minimum absolute atomic E-state index is 0.592. The summed E-state index contributed by atoms with van der Waals surface area (Å²) in [5, 5.41) is 3.35. The van der Waals surface area contributed by atoms with Crippen LogP contribution in [-0.4, -0.2) is 16.5 Å². The molecular weight excluding hydrogens is 294 g/mol. The number of anilines is 2. The lowest BCUT2D eigenvalue weighted by atomic mass is 9.99. The third kappa shape index (κ3) is 4.42. The maximum Gasteiger partial charge on any atom is 0.159 e. The second-order valence-corrected chi connectivity index (χ2v) is 5.12. The van der Waals surface area contributed by atoms with Crippen molar-refractivity contribution in [2.24, 2.45) is 11.8 Å². The fourth-order valence-corrected chi connectivity index (χ4v) is 2.24. The van der Waals surface area contributed by atoms with Gasteiger partial charge in [0.15, 0.2) is 5.82 Å². The number of nitrogen functional groups attached to an aromatic ring is 1. The van der Waals surface area contributed by atoms with Gasteiger partial charge in [-0.15, -0.1) is 0 Å². The Morgan fingerprint density at radius 1 is 1.33 bits per heavy atom. The Bertz CT molecular complexity index is 358. The van der Waals surface area contributed by atoms with Gasteiger partial charge in [0, 0.05) is 6.54 Å². The average Bonchev–Trinajstić information content (AvgIpc) is 2.40. The Kier molecular flexibility index (Phi) is 6.97. The number of aromatic nitrogens is 2. The normalized spacial score (nSPS) is 12.2. The van der Waals surface area contributed by atoms with Gasteiger partial charge in [-0.2, -0.15) is 0 Å². The van der Waals surface area contributed by atoms with E-state index < -0.39 is 0 Å². The topological polar surface area (TPSA) is 75.9 Å². The van der Waals surface area contributed by atoms with E-state index in [2.05, 4.69) is 50.5 Å². The number of nitrogens with zero attached hydrogens (tertiary/aromatic N) is 2. The van der Waals surface area contributed by atoms with Gasteiger partial charge in [0.2, 0.25) is 0 Å². The van der Waals surface area contributed by atoms with E-state index in [0.29, 0.717) is 11.7 Å². The van der Waals surface area contributed by atoms with Crippen molar-refractivity contribution < 1.29 is 0 Å². The van der Waals surface area contributed by atoms with Gasteiger partial charge in [-0.3, -0.25) is 0 Å². The molecule has 1 unspecified atom stereocenters. The summed E-state index contributed by atoms with van der Waals surface area (Å²) in [6.45, 7) is 5.38. The molecule has 1 heterocycles. The number of hydrogen-bond donors (Lipinski definition) is 3. The summed E-state index contributed by atoms with van der Waals surface area (Å²) >= 11 is 3.44. The third-order valence-corrected chi connectivity index (χ3v) is 3.78. The van der Waals surface area contributed by atoms with Crippen LogP contribution >= 0.6 is 15.9 Å². The first-order valence-corrected chi connectivity index (χ1v) is 7.23. The number of rotatable bonds is 8. The number of halogens is 1. The number of unbranched alkanes of at least 4 members (excludes halogenated alkanes) is 1. The molecule has 1 aromatic rings. The maximum absolute atomic E-state index is 5.37. The third-order valence-electron chi connectivity index (χ3n) is 3.03. The van der Waals surface area contributed by atoms with E-state index in [1.54, 1.807) is 0 Å². The number of hydrazine groups is 1. The fraction of sp³-hybridized carbons (Fsp3) is 0.667. The van der Waals surface area contributed by atoms with E-state index in [1.807, 2.05) is 0 Å². The molecular formula is C12H22BrN5. The molecule has 102 valence electrons. The molecule has 1 rings (SSSR count). The second-order valence-electron chi connectivity index (χ2n) is 4.33. The van der Waals surface area contributed by atoms with Gasteiger partial charge in [0.05, 0.1) is 0 Å². The van der Waals surface area contributed by atoms with Crippen molar-refractivity contribution >= 4 is 27.6 Å². The zero-order chi connectivity index (χ0) is 13.4. The minimum Gasteiger partial charge on any atom is -0.369 e. The SMILES string of the molecule is CCCCC(CC)CNc1ncnc(NN)c1Br. The highest BCUT2D eigenvalue weighted by molar-refractivity contribution is 9.10. The Morgan fingerprint density at radius 3 is 2.67 bits per heavy atom. The average molecular weight is 316 g/mol. The molecule has 0 fully saturated rings. The Hall–Kier alpha value is -0.880. The van der Waals surface area contributed by atoms with Crippen LogP contribution in [0.2, 0.25) is 0 Å². The highest BCUT2D eigenvalue weighted by atomic mass is 79.9. The zero-order valence-corrected chi connectivity index (χ0v) is 12.6. The molecule has 0 radical (unpaired) electrons. The van der Waals surface area contributed by atoms with Crippen molar-refractivity contribution in [2.45, 2.75) is 39.5 Å². The van der Waals surface area contributed by atoms with Crippen LogP contribution in [0.1, 0.15) is 39.5 Å². The van der Waals surface area contributed by atoms with E-state index in [1.165, 1.54) is 32.0 Å². The highest BCUT2D eigenvalue weighted by Gasteiger charge is 2.10. The first-order chi connectivity index (χ1) is 8.72. The van der Waals surface area contributed by atoms with Crippen LogP contribution in [-0.2, 0) is 0 Å². The summed E-state index contributed by atoms with van der Waals surface area (Å²) in [5.74, 6) is 7.43. The van der Waals surface area contributed by atoms with Crippen LogP contribution in [0.15, 0.2) is 10.8 Å². The summed E-state index contributed by atoms with van der Waals surface area (Å²) < 4.78 is 0.776. The second kappa shape index (κ2) is 8.26. The van der Waals surface area contributed by atoms with E-state index in [0.717, 1.165) is 16.8 Å². The van der Waals surface area contributed by atoms with Gasteiger partial charge in [-0.05, 0) is 28.3 Å². The van der Waals surface area contributed by atoms with Crippen molar-refractivity contribution in [3.05, 3.63) is 10.8 Å². The standard InChI is InChI=1S/C12H22BrN5/c1-3-5-6-9(4-2)7-15-11-10(13)12(18-14)17-8-16-11/h8-9H,3-7,14H2,1-2H3,(H2,15,16,17,18). The van der Waals surface area contributed by atoms with E-state index in [9.17, 15) is 0 Å². The highest BCUT2D eigenvalue weighted by Crippen LogP contribution is 2.26. The lowest BCUT2D eigenvalue weighted by molar-refractivity contribution is 0.472. The first kappa shape index (κ1) is 15.2.